The molecule has 0 radical (unpaired) electrons. The van der Waals surface area contributed by atoms with Crippen molar-refractivity contribution >= 4 is 17.4 Å². The summed E-state index contributed by atoms with van der Waals surface area (Å²) < 4.78 is 84.0. The van der Waals surface area contributed by atoms with Crippen LogP contribution in [-0.4, -0.2) is 40.8 Å². The molecule has 206 valence electrons. The fourth-order valence-electron chi connectivity index (χ4n) is 4.28. The Morgan fingerprint density at radius 1 is 1.08 bits per heavy atom. The molecule has 1 aromatic heterocycles. The summed E-state index contributed by atoms with van der Waals surface area (Å²) in [5, 5.41) is 5.11. The van der Waals surface area contributed by atoms with E-state index in [1.165, 1.54) is 54.7 Å². The molecule has 1 unspecified atom stereocenters. The number of anilines is 2. The van der Waals surface area contributed by atoms with Crippen LogP contribution >= 0.6 is 0 Å². The predicted molar refractivity (Wildman–Crippen MR) is 129 cm³/mol. The van der Waals surface area contributed by atoms with Crippen LogP contribution < -0.4 is 20.1 Å². The Kier molecular flexibility index (Phi) is 6.79. The number of benzene rings is 2. The number of hydrogen-bond donors (Lipinski definition) is 2. The van der Waals surface area contributed by atoms with Gasteiger partial charge in [0, 0.05) is 30.5 Å². The number of halogens is 5. The van der Waals surface area contributed by atoms with Gasteiger partial charge in [-0.05, 0) is 37.3 Å². The van der Waals surface area contributed by atoms with Crippen molar-refractivity contribution < 1.29 is 41.0 Å². The predicted octanol–water partition coefficient (Wildman–Crippen LogP) is 6.58. The van der Waals surface area contributed by atoms with Crippen LogP contribution in [0.2, 0.25) is 0 Å². The smallest absolute Gasteiger partial charge is 0.421 e. The zero-order valence-corrected chi connectivity index (χ0v) is 20.5. The van der Waals surface area contributed by atoms with E-state index in [-0.39, 0.29) is 54.6 Å². The number of para-hydroxylation sites is 1. The highest BCUT2D eigenvalue weighted by atomic mass is 19.4. The molecule has 2 N–H and O–H groups in total. The van der Waals surface area contributed by atoms with Gasteiger partial charge in [0.2, 0.25) is 5.88 Å². The van der Waals surface area contributed by atoms with E-state index < -0.39 is 29.8 Å². The summed E-state index contributed by atoms with van der Waals surface area (Å²) in [4.78, 5) is 20.8. The van der Waals surface area contributed by atoms with Gasteiger partial charge in [0.25, 0.3) is 5.92 Å². The maximum atomic E-state index is 13.9. The van der Waals surface area contributed by atoms with Gasteiger partial charge < -0.3 is 24.8 Å². The molecule has 2 fully saturated rings. The Hall–Kier alpha value is -4.00. The van der Waals surface area contributed by atoms with Gasteiger partial charge >= 0.3 is 12.2 Å². The minimum absolute atomic E-state index is 0.00866. The van der Waals surface area contributed by atoms with E-state index in [9.17, 15) is 26.7 Å². The number of urea groups is 1. The van der Waals surface area contributed by atoms with Crippen molar-refractivity contribution in [1.29, 1.82) is 0 Å². The number of nitrogens with one attached hydrogen (secondary N) is 2. The molecule has 39 heavy (non-hydrogen) atoms. The second-order valence-electron chi connectivity index (χ2n) is 9.27. The third-order valence-electron chi connectivity index (χ3n) is 6.38. The maximum Gasteiger partial charge on any atom is 0.421 e. The Labute approximate surface area is 219 Å². The number of aromatic nitrogens is 2. The SMILES string of the molecule is Cc1ncc(NC(=O)Nc2ccc(OC3CC(F)(F)C3)cc2)c(Oc2ccccc2C2(C(F)(F)F)CCO2)n1. The van der Waals surface area contributed by atoms with Gasteiger partial charge in [-0.25, -0.2) is 18.6 Å². The number of amides is 2. The van der Waals surface area contributed by atoms with Gasteiger partial charge in [0.1, 0.15) is 29.1 Å². The van der Waals surface area contributed by atoms with E-state index in [1.807, 2.05) is 0 Å². The first-order valence-electron chi connectivity index (χ1n) is 12.0. The largest absolute Gasteiger partial charge is 0.490 e. The number of alkyl halides is 5. The number of carbonyl (C=O) groups excluding carboxylic acids is 1. The van der Waals surface area contributed by atoms with Crippen molar-refractivity contribution in [1.82, 2.24) is 9.97 Å². The number of aryl methyl sites for hydroxylation is 1. The van der Waals surface area contributed by atoms with Gasteiger partial charge in [-0.15, -0.1) is 0 Å². The topological polar surface area (TPSA) is 94.6 Å². The zero-order valence-electron chi connectivity index (χ0n) is 20.5. The highest BCUT2D eigenvalue weighted by Gasteiger charge is 2.62. The summed E-state index contributed by atoms with van der Waals surface area (Å²) >= 11 is 0. The third-order valence-corrected chi connectivity index (χ3v) is 6.38. The molecule has 1 aliphatic carbocycles. The molecule has 2 amide bonds. The highest BCUT2D eigenvalue weighted by molar-refractivity contribution is 6.00. The van der Waals surface area contributed by atoms with Gasteiger partial charge in [-0.2, -0.15) is 18.2 Å². The molecular weight excluding hydrogens is 527 g/mol. The van der Waals surface area contributed by atoms with Gasteiger partial charge in [-0.1, -0.05) is 18.2 Å². The number of nitrogens with zero attached hydrogens (tertiary/aromatic N) is 2. The van der Waals surface area contributed by atoms with Crippen LogP contribution in [0.3, 0.4) is 0 Å². The van der Waals surface area contributed by atoms with Crippen LogP contribution in [0.15, 0.2) is 54.7 Å². The lowest BCUT2D eigenvalue weighted by atomic mass is 9.85. The number of carbonyl (C=O) groups is 1. The quantitative estimate of drug-likeness (QED) is 0.323. The standard InChI is InChI=1S/C26H23F5N4O4/c1-15-32-14-20(35-23(36)34-16-6-8-17(9-7-16)38-18-12-24(27,28)13-18)22(33-15)39-21-5-3-2-4-19(21)25(10-11-37-25)26(29,30)31/h2-9,14,18H,10-13H2,1H3,(H2,34,35,36). The lowest BCUT2D eigenvalue weighted by molar-refractivity contribution is -0.333. The third kappa shape index (κ3) is 5.58. The summed E-state index contributed by atoms with van der Waals surface area (Å²) in [5.74, 6) is -2.34. The molecule has 2 aliphatic rings. The van der Waals surface area contributed by atoms with Gasteiger partial charge in [0.05, 0.1) is 12.8 Å². The zero-order chi connectivity index (χ0) is 27.8. The van der Waals surface area contributed by atoms with Crippen LogP contribution in [0.5, 0.6) is 17.4 Å². The summed E-state index contributed by atoms with van der Waals surface area (Å²) in [7, 11) is 0. The number of hydrogen-bond acceptors (Lipinski definition) is 6. The normalized spacial score (nSPS) is 20.4. The Morgan fingerprint density at radius 3 is 2.38 bits per heavy atom. The van der Waals surface area contributed by atoms with E-state index in [1.54, 1.807) is 6.92 Å². The summed E-state index contributed by atoms with van der Waals surface area (Å²) in [6, 6.07) is 11.0. The van der Waals surface area contributed by atoms with Crippen LogP contribution in [0, 0.1) is 6.92 Å². The second kappa shape index (κ2) is 9.95. The van der Waals surface area contributed by atoms with Crippen molar-refractivity contribution in [3.05, 3.63) is 66.1 Å². The highest BCUT2D eigenvalue weighted by Crippen LogP contribution is 2.53. The average molecular weight is 550 g/mol. The average Bonchev–Trinajstić information content (AvgIpc) is 2.80. The Balaban J connectivity index is 1.28. The van der Waals surface area contributed by atoms with E-state index in [0.29, 0.717) is 11.4 Å². The van der Waals surface area contributed by atoms with Crippen molar-refractivity contribution in [3.63, 3.8) is 0 Å². The molecule has 13 heteroatoms. The first-order chi connectivity index (χ1) is 18.4. The maximum absolute atomic E-state index is 13.9. The van der Waals surface area contributed by atoms with Crippen molar-refractivity contribution in [2.24, 2.45) is 0 Å². The summed E-state index contributed by atoms with van der Waals surface area (Å²) in [5.41, 5.74) is -2.32. The molecule has 3 aromatic rings. The molecule has 0 spiro atoms. The monoisotopic (exact) mass is 550 g/mol. The van der Waals surface area contributed by atoms with Crippen LogP contribution in [-0.2, 0) is 10.3 Å². The van der Waals surface area contributed by atoms with Crippen molar-refractivity contribution in [2.75, 3.05) is 17.2 Å². The molecule has 1 atom stereocenters. The van der Waals surface area contributed by atoms with E-state index in [4.69, 9.17) is 14.2 Å². The molecule has 8 nitrogen and oxygen atoms in total. The second-order valence-corrected chi connectivity index (χ2v) is 9.27. The summed E-state index contributed by atoms with van der Waals surface area (Å²) in [6.07, 6.45) is -4.90. The van der Waals surface area contributed by atoms with Crippen molar-refractivity contribution in [2.45, 2.75) is 50.0 Å². The lowest BCUT2D eigenvalue weighted by Gasteiger charge is -2.43. The molecule has 1 saturated heterocycles. The molecule has 2 aromatic carbocycles. The Morgan fingerprint density at radius 2 is 1.77 bits per heavy atom. The lowest BCUT2D eigenvalue weighted by Crippen LogP contribution is -2.52. The Bertz CT molecular complexity index is 1360. The number of ether oxygens (including phenoxy) is 3. The van der Waals surface area contributed by atoms with E-state index in [2.05, 4.69) is 20.6 Å². The van der Waals surface area contributed by atoms with Crippen LogP contribution in [0.1, 0.15) is 30.7 Å². The van der Waals surface area contributed by atoms with Gasteiger partial charge in [0.15, 0.2) is 5.60 Å². The summed E-state index contributed by atoms with van der Waals surface area (Å²) in [6.45, 7) is 1.51. The van der Waals surface area contributed by atoms with Gasteiger partial charge in [-0.3, -0.25) is 0 Å². The number of rotatable bonds is 7. The van der Waals surface area contributed by atoms with E-state index >= 15 is 0 Å². The minimum atomic E-state index is -4.67. The van der Waals surface area contributed by atoms with E-state index in [0.717, 1.165) is 0 Å². The fraction of sp³-hybridized carbons (Fsp3) is 0.346. The van der Waals surface area contributed by atoms with Crippen LogP contribution in [0.4, 0.5) is 38.1 Å². The fourth-order valence-corrected chi connectivity index (χ4v) is 4.28. The van der Waals surface area contributed by atoms with Crippen molar-refractivity contribution in [3.8, 4) is 17.4 Å². The molecule has 0 bridgehead atoms. The minimum Gasteiger partial charge on any atom is -0.490 e. The molecule has 1 aliphatic heterocycles. The first kappa shape index (κ1) is 26.6. The van der Waals surface area contributed by atoms with Crippen LogP contribution in [0.25, 0.3) is 0 Å². The first-order valence-corrected chi connectivity index (χ1v) is 12.0. The molecule has 5 rings (SSSR count). The molecule has 2 heterocycles. The molecular formula is C26H23F5N4O4. The molecule has 1 saturated carbocycles.